The molecule has 2 aliphatic rings. The van der Waals surface area contributed by atoms with Crippen molar-refractivity contribution in [3.63, 3.8) is 0 Å². The highest BCUT2D eigenvalue weighted by Gasteiger charge is 2.43. The first-order valence-electron chi connectivity index (χ1n) is 13.1. The maximum Gasteiger partial charge on any atom is 0.313 e. The Balaban J connectivity index is 1.34. The molecule has 216 valence electrons. The first-order chi connectivity index (χ1) is 19.6. The SMILES string of the molecule is COc1ccc(CN2C(=O)CCc3c(OCC4(C(=O)O)CCN(c5cc(F)c(Cl)cc5F)CC4)ccc(F)c32)cc1. The van der Waals surface area contributed by atoms with Crippen LogP contribution in [-0.4, -0.2) is 43.8 Å². The summed E-state index contributed by atoms with van der Waals surface area (Å²) < 4.78 is 54.8. The van der Waals surface area contributed by atoms with Crippen molar-refractivity contribution in [1.82, 2.24) is 0 Å². The molecule has 2 heterocycles. The van der Waals surface area contributed by atoms with Gasteiger partial charge in [-0.2, -0.15) is 0 Å². The van der Waals surface area contributed by atoms with E-state index in [0.29, 0.717) is 17.1 Å². The molecule has 1 N–H and O–H groups in total. The molecule has 1 fully saturated rings. The quantitative estimate of drug-likeness (QED) is 0.326. The lowest BCUT2D eigenvalue weighted by Gasteiger charge is -2.40. The van der Waals surface area contributed by atoms with E-state index in [1.54, 1.807) is 36.3 Å². The van der Waals surface area contributed by atoms with Crippen LogP contribution in [0.5, 0.6) is 11.5 Å². The van der Waals surface area contributed by atoms with E-state index in [0.717, 1.165) is 17.7 Å². The van der Waals surface area contributed by atoms with Crippen LogP contribution >= 0.6 is 11.6 Å². The molecule has 0 atom stereocenters. The fourth-order valence-electron chi connectivity index (χ4n) is 5.40. The van der Waals surface area contributed by atoms with Gasteiger partial charge in [-0.15, -0.1) is 0 Å². The lowest BCUT2D eigenvalue weighted by atomic mass is 9.79. The van der Waals surface area contributed by atoms with Crippen LogP contribution in [-0.2, 0) is 22.6 Å². The van der Waals surface area contributed by atoms with Gasteiger partial charge in [0.05, 0.1) is 30.1 Å². The number of hydrogen-bond donors (Lipinski definition) is 1. The summed E-state index contributed by atoms with van der Waals surface area (Å²) >= 11 is 5.66. The third kappa shape index (κ3) is 5.66. The Morgan fingerprint density at radius 2 is 1.71 bits per heavy atom. The maximum absolute atomic E-state index is 15.2. The normalized spacial score (nSPS) is 16.4. The van der Waals surface area contributed by atoms with Gasteiger partial charge in [0.1, 0.15) is 41.0 Å². The Morgan fingerprint density at radius 1 is 1.00 bits per heavy atom. The minimum atomic E-state index is -1.30. The highest BCUT2D eigenvalue weighted by Crippen LogP contribution is 2.41. The van der Waals surface area contributed by atoms with Crippen molar-refractivity contribution >= 4 is 34.9 Å². The van der Waals surface area contributed by atoms with E-state index in [4.69, 9.17) is 21.1 Å². The number of hydrogen-bond acceptors (Lipinski definition) is 5. The van der Waals surface area contributed by atoms with Gasteiger partial charge >= 0.3 is 5.97 Å². The minimum absolute atomic E-state index is 0.0148. The van der Waals surface area contributed by atoms with E-state index in [1.807, 2.05) is 0 Å². The largest absolute Gasteiger partial charge is 0.497 e. The second kappa shape index (κ2) is 11.5. The van der Waals surface area contributed by atoms with Gasteiger partial charge in [-0.3, -0.25) is 9.59 Å². The number of ether oxygens (including phenoxy) is 2. The number of fused-ring (bicyclic) bond motifs is 1. The van der Waals surface area contributed by atoms with Gasteiger partial charge in [0.25, 0.3) is 0 Å². The van der Waals surface area contributed by atoms with E-state index in [9.17, 15) is 23.5 Å². The van der Waals surface area contributed by atoms with Crippen LogP contribution in [0.15, 0.2) is 48.5 Å². The first kappa shape index (κ1) is 28.6. The third-order valence-corrected chi connectivity index (χ3v) is 8.15. The average molecular weight is 589 g/mol. The van der Waals surface area contributed by atoms with Crippen molar-refractivity contribution in [2.45, 2.75) is 32.2 Å². The molecule has 3 aromatic carbocycles. The molecule has 2 aliphatic heterocycles. The second-order valence-corrected chi connectivity index (χ2v) is 10.7. The monoisotopic (exact) mass is 588 g/mol. The van der Waals surface area contributed by atoms with Crippen LogP contribution in [0, 0.1) is 22.9 Å². The maximum atomic E-state index is 15.2. The van der Waals surface area contributed by atoms with Gasteiger partial charge in [0.2, 0.25) is 5.91 Å². The summed E-state index contributed by atoms with van der Waals surface area (Å²) in [5, 5.41) is 9.82. The third-order valence-electron chi connectivity index (χ3n) is 7.86. The Hall–Kier alpha value is -3.92. The zero-order chi connectivity index (χ0) is 29.3. The summed E-state index contributed by atoms with van der Waals surface area (Å²) in [4.78, 5) is 28.2. The van der Waals surface area contributed by atoms with Crippen LogP contribution in [0.25, 0.3) is 0 Å². The molecule has 0 unspecified atom stereocenters. The average Bonchev–Trinajstić information content (AvgIpc) is 2.96. The van der Waals surface area contributed by atoms with E-state index in [2.05, 4.69) is 0 Å². The molecule has 41 heavy (non-hydrogen) atoms. The number of methoxy groups -OCH3 is 1. The number of aliphatic carboxylic acids is 1. The second-order valence-electron chi connectivity index (χ2n) is 10.3. The lowest BCUT2D eigenvalue weighted by molar-refractivity contribution is -0.152. The Labute approximate surface area is 240 Å². The van der Waals surface area contributed by atoms with Gasteiger partial charge in [0.15, 0.2) is 0 Å². The number of halogens is 4. The summed E-state index contributed by atoms with van der Waals surface area (Å²) in [6.07, 6.45) is 0.607. The summed E-state index contributed by atoms with van der Waals surface area (Å²) in [5.41, 5.74) is 0.114. The number of anilines is 2. The highest BCUT2D eigenvalue weighted by molar-refractivity contribution is 6.30. The zero-order valence-electron chi connectivity index (χ0n) is 22.3. The Bertz CT molecular complexity index is 1480. The van der Waals surface area contributed by atoms with Crippen LogP contribution in [0.2, 0.25) is 5.02 Å². The first-order valence-corrected chi connectivity index (χ1v) is 13.5. The van der Waals surface area contributed by atoms with Crippen molar-refractivity contribution in [2.24, 2.45) is 5.41 Å². The number of rotatable bonds is 8. The van der Waals surface area contributed by atoms with Crippen molar-refractivity contribution < 1.29 is 37.3 Å². The van der Waals surface area contributed by atoms with E-state index >= 15 is 4.39 Å². The fourth-order valence-corrected chi connectivity index (χ4v) is 5.55. The van der Waals surface area contributed by atoms with E-state index in [-0.39, 0.29) is 74.2 Å². The molecular formula is C30H28ClF3N2O5. The van der Waals surface area contributed by atoms with Gasteiger partial charge < -0.3 is 24.4 Å². The van der Waals surface area contributed by atoms with Crippen LogP contribution in [0.1, 0.15) is 30.4 Å². The molecule has 3 aromatic rings. The van der Waals surface area contributed by atoms with Crippen molar-refractivity contribution in [2.75, 3.05) is 36.6 Å². The number of benzene rings is 3. The number of nitrogens with zero attached hydrogens (tertiary/aromatic N) is 2. The molecule has 0 aliphatic carbocycles. The summed E-state index contributed by atoms with van der Waals surface area (Å²) in [6.45, 7) is 0.240. The van der Waals surface area contributed by atoms with Gasteiger partial charge in [0, 0.05) is 31.1 Å². The molecule has 0 aromatic heterocycles. The smallest absolute Gasteiger partial charge is 0.313 e. The molecule has 0 saturated carbocycles. The van der Waals surface area contributed by atoms with E-state index in [1.165, 1.54) is 17.0 Å². The van der Waals surface area contributed by atoms with Crippen LogP contribution < -0.4 is 19.3 Å². The van der Waals surface area contributed by atoms with Gasteiger partial charge in [-0.25, -0.2) is 13.2 Å². The number of carboxylic acid groups (broad SMARTS) is 1. The van der Waals surface area contributed by atoms with Crippen molar-refractivity contribution in [1.29, 1.82) is 0 Å². The van der Waals surface area contributed by atoms with Crippen molar-refractivity contribution in [3.8, 4) is 11.5 Å². The standard InChI is InChI=1S/C30H28ClF3N2O5/c1-40-19-4-2-18(3-5-19)16-36-27(37)9-6-20-26(8-7-22(32)28(20)36)41-17-30(29(38)39)10-12-35(13-11-30)25-15-23(33)21(31)14-24(25)34/h2-5,7-8,14-15H,6,9-13,16-17H2,1H3,(H,38,39). The molecule has 5 rings (SSSR count). The van der Waals surface area contributed by atoms with Crippen molar-refractivity contribution in [3.05, 3.63) is 82.1 Å². The molecule has 1 saturated heterocycles. The van der Waals surface area contributed by atoms with Gasteiger partial charge in [-0.05, 0) is 55.2 Å². The molecule has 1 amide bonds. The van der Waals surface area contributed by atoms with E-state index < -0.39 is 28.8 Å². The predicted octanol–water partition coefficient (Wildman–Crippen LogP) is 6.00. The number of carbonyl (C=O) groups excluding carboxylic acids is 1. The summed E-state index contributed by atoms with van der Waals surface area (Å²) in [7, 11) is 1.55. The zero-order valence-corrected chi connectivity index (χ0v) is 23.0. The molecule has 11 heteroatoms. The topological polar surface area (TPSA) is 79.3 Å². The summed E-state index contributed by atoms with van der Waals surface area (Å²) in [6, 6.07) is 11.7. The molecule has 0 bridgehead atoms. The Kier molecular flexibility index (Phi) is 8.04. The number of carbonyl (C=O) groups is 2. The number of carboxylic acids is 1. The minimum Gasteiger partial charge on any atom is -0.497 e. The summed E-state index contributed by atoms with van der Waals surface area (Å²) in [5.74, 6) is -2.37. The van der Waals surface area contributed by atoms with Crippen LogP contribution in [0.3, 0.4) is 0 Å². The molecule has 0 radical (unpaired) electrons. The van der Waals surface area contributed by atoms with Crippen LogP contribution in [0.4, 0.5) is 24.5 Å². The predicted molar refractivity (Wildman–Crippen MR) is 147 cm³/mol. The number of piperidine rings is 1. The Morgan fingerprint density at radius 3 is 2.37 bits per heavy atom. The fraction of sp³-hybridized carbons (Fsp3) is 0.333. The molecule has 7 nitrogen and oxygen atoms in total. The highest BCUT2D eigenvalue weighted by atomic mass is 35.5. The lowest BCUT2D eigenvalue weighted by Crippen LogP contribution is -2.48. The molecular weight excluding hydrogens is 561 g/mol. The number of amides is 1. The molecule has 0 spiro atoms. The van der Waals surface area contributed by atoms with Gasteiger partial charge in [-0.1, -0.05) is 23.7 Å².